The number of benzene rings is 1. The molecule has 4 rings (SSSR count). The fourth-order valence-electron chi connectivity index (χ4n) is 3.79. The summed E-state index contributed by atoms with van der Waals surface area (Å²) in [6.45, 7) is 4.11. The Balaban J connectivity index is 1.57. The summed E-state index contributed by atoms with van der Waals surface area (Å²) in [4.78, 5) is 11.0. The number of hydrogen-bond acceptors (Lipinski definition) is 5. The highest BCUT2D eigenvalue weighted by molar-refractivity contribution is 5.67. The quantitative estimate of drug-likeness (QED) is 0.880. The molecule has 138 valence electrons. The van der Waals surface area contributed by atoms with E-state index in [1.807, 2.05) is 18.2 Å². The molecule has 2 saturated heterocycles. The maximum Gasteiger partial charge on any atom is 0.223 e. The van der Waals surface area contributed by atoms with E-state index in [0.29, 0.717) is 17.7 Å². The standard InChI is InChI=1S/C20H26FN5/c21-18-14-23-20(24-16-7-9-22-10-8-16)25-19(18)15-5-4-6-17(13-15)26-11-2-1-3-12-26/h4-6,13-14,16,22H,1-3,7-12H2,(H,23,24,25). The van der Waals surface area contributed by atoms with Gasteiger partial charge in [-0.1, -0.05) is 12.1 Å². The number of nitrogens with one attached hydrogen (secondary N) is 2. The predicted octanol–water partition coefficient (Wildman–Crippen LogP) is 3.44. The highest BCUT2D eigenvalue weighted by Gasteiger charge is 2.17. The van der Waals surface area contributed by atoms with Crippen LogP contribution in [0.4, 0.5) is 16.0 Å². The topological polar surface area (TPSA) is 53.1 Å². The van der Waals surface area contributed by atoms with Crippen molar-refractivity contribution in [2.24, 2.45) is 0 Å². The average Bonchev–Trinajstić information content (AvgIpc) is 2.71. The molecule has 5 nitrogen and oxygen atoms in total. The van der Waals surface area contributed by atoms with Gasteiger partial charge in [-0.15, -0.1) is 0 Å². The van der Waals surface area contributed by atoms with Crippen molar-refractivity contribution in [3.05, 3.63) is 36.3 Å². The number of aromatic nitrogens is 2. The Bertz CT molecular complexity index is 739. The van der Waals surface area contributed by atoms with E-state index in [0.717, 1.165) is 50.3 Å². The van der Waals surface area contributed by atoms with Crippen molar-refractivity contribution in [3.63, 3.8) is 0 Å². The van der Waals surface area contributed by atoms with Crippen LogP contribution >= 0.6 is 0 Å². The van der Waals surface area contributed by atoms with E-state index in [1.165, 1.54) is 25.5 Å². The molecule has 3 heterocycles. The van der Waals surface area contributed by atoms with E-state index < -0.39 is 0 Å². The molecule has 0 radical (unpaired) electrons. The fraction of sp³-hybridized carbons (Fsp3) is 0.500. The van der Waals surface area contributed by atoms with Crippen molar-refractivity contribution >= 4 is 11.6 Å². The zero-order chi connectivity index (χ0) is 17.8. The Kier molecular flexibility index (Phi) is 5.29. The number of halogens is 1. The number of piperidine rings is 2. The molecule has 1 aromatic carbocycles. The molecule has 2 N–H and O–H groups in total. The normalized spacial score (nSPS) is 18.7. The van der Waals surface area contributed by atoms with Crippen LogP contribution in [-0.4, -0.2) is 42.2 Å². The van der Waals surface area contributed by atoms with Gasteiger partial charge in [0, 0.05) is 30.4 Å². The van der Waals surface area contributed by atoms with Gasteiger partial charge in [-0.25, -0.2) is 14.4 Å². The Morgan fingerprint density at radius 1 is 1.12 bits per heavy atom. The van der Waals surface area contributed by atoms with Gasteiger partial charge in [-0.2, -0.15) is 0 Å². The van der Waals surface area contributed by atoms with Gasteiger partial charge >= 0.3 is 0 Å². The molecule has 0 bridgehead atoms. The first-order valence-corrected chi connectivity index (χ1v) is 9.65. The van der Waals surface area contributed by atoms with Crippen molar-refractivity contribution in [2.45, 2.75) is 38.1 Å². The lowest BCUT2D eigenvalue weighted by Crippen LogP contribution is -2.35. The third-order valence-electron chi connectivity index (χ3n) is 5.26. The molecule has 1 aromatic heterocycles. The van der Waals surface area contributed by atoms with E-state index in [9.17, 15) is 4.39 Å². The van der Waals surface area contributed by atoms with Gasteiger partial charge in [-0.05, 0) is 57.3 Å². The smallest absolute Gasteiger partial charge is 0.223 e. The van der Waals surface area contributed by atoms with Crippen molar-refractivity contribution < 1.29 is 4.39 Å². The number of nitrogens with zero attached hydrogens (tertiary/aromatic N) is 3. The van der Waals surface area contributed by atoms with Crippen LogP contribution in [0.1, 0.15) is 32.1 Å². The minimum absolute atomic E-state index is 0.342. The molecule has 0 spiro atoms. The van der Waals surface area contributed by atoms with Crippen LogP contribution in [0.15, 0.2) is 30.5 Å². The summed E-state index contributed by atoms with van der Waals surface area (Å²) in [6, 6.07) is 8.40. The summed E-state index contributed by atoms with van der Waals surface area (Å²) < 4.78 is 14.4. The lowest BCUT2D eigenvalue weighted by Gasteiger charge is -2.29. The minimum atomic E-state index is -0.378. The monoisotopic (exact) mass is 355 g/mol. The minimum Gasteiger partial charge on any atom is -0.372 e. The fourth-order valence-corrected chi connectivity index (χ4v) is 3.79. The zero-order valence-electron chi connectivity index (χ0n) is 15.0. The van der Waals surface area contributed by atoms with Crippen LogP contribution in [0.2, 0.25) is 0 Å². The van der Waals surface area contributed by atoms with Crippen LogP contribution in [0.3, 0.4) is 0 Å². The van der Waals surface area contributed by atoms with E-state index in [1.54, 1.807) is 0 Å². The average molecular weight is 355 g/mol. The molecule has 0 unspecified atom stereocenters. The summed E-state index contributed by atoms with van der Waals surface area (Å²) in [7, 11) is 0. The largest absolute Gasteiger partial charge is 0.372 e. The lowest BCUT2D eigenvalue weighted by molar-refractivity contribution is 0.477. The molecule has 2 aliphatic heterocycles. The highest BCUT2D eigenvalue weighted by atomic mass is 19.1. The van der Waals surface area contributed by atoms with Gasteiger partial charge in [0.2, 0.25) is 5.95 Å². The summed E-state index contributed by atoms with van der Waals surface area (Å²) in [5.74, 6) is 0.133. The molecular formula is C20H26FN5. The third kappa shape index (κ3) is 3.96. The first-order valence-electron chi connectivity index (χ1n) is 9.65. The Morgan fingerprint density at radius 2 is 1.92 bits per heavy atom. The lowest BCUT2D eigenvalue weighted by atomic mass is 10.1. The van der Waals surface area contributed by atoms with Crippen LogP contribution in [0, 0.1) is 5.82 Å². The molecule has 0 saturated carbocycles. The zero-order valence-corrected chi connectivity index (χ0v) is 15.0. The Morgan fingerprint density at radius 3 is 2.73 bits per heavy atom. The molecule has 0 aliphatic carbocycles. The number of rotatable bonds is 4. The molecular weight excluding hydrogens is 329 g/mol. The number of hydrogen-bond donors (Lipinski definition) is 2. The van der Waals surface area contributed by atoms with Crippen LogP contribution in [0.5, 0.6) is 0 Å². The van der Waals surface area contributed by atoms with Crippen molar-refractivity contribution in [1.82, 2.24) is 15.3 Å². The second-order valence-corrected chi connectivity index (χ2v) is 7.16. The molecule has 0 amide bonds. The molecule has 2 aliphatic rings. The second-order valence-electron chi connectivity index (χ2n) is 7.16. The van der Waals surface area contributed by atoms with Crippen molar-refractivity contribution in [3.8, 4) is 11.3 Å². The van der Waals surface area contributed by atoms with Gasteiger partial charge in [0.05, 0.1) is 6.20 Å². The molecule has 2 aromatic rings. The van der Waals surface area contributed by atoms with Gasteiger partial charge < -0.3 is 15.5 Å². The van der Waals surface area contributed by atoms with E-state index in [4.69, 9.17) is 0 Å². The van der Waals surface area contributed by atoms with Crippen LogP contribution < -0.4 is 15.5 Å². The highest BCUT2D eigenvalue weighted by Crippen LogP contribution is 2.27. The van der Waals surface area contributed by atoms with Crippen LogP contribution in [0.25, 0.3) is 11.3 Å². The summed E-state index contributed by atoms with van der Waals surface area (Å²) >= 11 is 0. The molecule has 26 heavy (non-hydrogen) atoms. The maximum atomic E-state index is 14.4. The van der Waals surface area contributed by atoms with Gasteiger partial charge in [0.25, 0.3) is 0 Å². The Labute approximate surface area is 154 Å². The maximum absolute atomic E-state index is 14.4. The van der Waals surface area contributed by atoms with Crippen molar-refractivity contribution in [2.75, 3.05) is 36.4 Å². The molecule has 2 fully saturated rings. The number of anilines is 2. The van der Waals surface area contributed by atoms with Gasteiger partial charge in [0.15, 0.2) is 5.82 Å². The van der Waals surface area contributed by atoms with Gasteiger partial charge in [0.1, 0.15) is 5.69 Å². The third-order valence-corrected chi connectivity index (χ3v) is 5.26. The Hall–Kier alpha value is -2.21. The summed E-state index contributed by atoms with van der Waals surface area (Å²) in [5.41, 5.74) is 2.32. The first kappa shape index (κ1) is 17.2. The van der Waals surface area contributed by atoms with E-state index >= 15 is 0 Å². The van der Waals surface area contributed by atoms with E-state index in [-0.39, 0.29) is 5.82 Å². The van der Waals surface area contributed by atoms with E-state index in [2.05, 4.69) is 31.6 Å². The first-order chi connectivity index (χ1) is 12.8. The second kappa shape index (κ2) is 7.99. The predicted molar refractivity (Wildman–Crippen MR) is 103 cm³/mol. The van der Waals surface area contributed by atoms with Gasteiger partial charge in [-0.3, -0.25) is 0 Å². The SMILES string of the molecule is Fc1cnc(NC2CCNCC2)nc1-c1cccc(N2CCCCC2)c1. The summed E-state index contributed by atoms with van der Waals surface area (Å²) in [6.07, 6.45) is 7.07. The molecule has 0 atom stereocenters. The van der Waals surface area contributed by atoms with Crippen LogP contribution in [-0.2, 0) is 0 Å². The summed E-state index contributed by atoms with van der Waals surface area (Å²) in [5, 5.41) is 6.70. The molecule has 6 heteroatoms. The van der Waals surface area contributed by atoms with Crippen molar-refractivity contribution in [1.29, 1.82) is 0 Å².